The maximum absolute atomic E-state index is 11.5. The van der Waals surface area contributed by atoms with Crippen LogP contribution in [-0.4, -0.2) is 58.0 Å². The van der Waals surface area contributed by atoms with Crippen molar-refractivity contribution in [3.8, 4) is 0 Å². The standard InChI is InChI=1S/C17H28N2O6/c1-12(2)19-15-14(16(21)17(15)22)18-5-7-24-9-11-25-10-8-23-6-4-13(3)20/h12,18-19H,4-11H2,1-3H3. The van der Waals surface area contributed by atoms with Crippen LogP contribution in [-0.2, 0) is 19.0 Å². The minimum Gasteiger partial charge on any atom is -0.379 e. The van der Waals surface area contributed by atoms with Gasteiger partial charge in [-0.25, -0.2) is 0 Å². The van der Waals surface area contributed by atoms with Gasteiger partial charge in [0.15, 0.2) is 0 Å². The Bertz CT molecular complexity index is 592. The van der Waals surface area contributed by atoms with Crippen LogP contribution in [0.5, 0.6) is 0 Å². The first kappa shape index (κ1) is 21.3. The summed E-state index contributed by atoms with van der Waals surface area (Å²) in [5.74, 6) is 0.110. The van der Waals surface area contributed by atoms with E-state index in [0.29, 0.717) is 64.0 Å². The molecule has 8 nitrogen and oxygen atoms in total. The average molecular weight is 356 g/mol. The lowest BCUT2D eigenvalue weighted by Crippen LogP contribution is -2.39. The molecule has 2 N–H and O–H groups in total. The molecule has 0 aliphatic rings. The van der Waals surface area contributed by atoms with E-state index in [9.17, 15) is 14.4 Å². The largest absolute Gasteiger partial charge is 0.379 e. The highest BCUT2D eigenvalue weighted by Crippen LogP contribution is 2.14. The molecule has 0 fully saturated rings. The molecule has 0 atom stereocenters. The SMILES string of the molecule is CC(=O)CCOCCOCCOCCNc1c(NC(C)C)c(=O)c1=O. The third-order valence-electron chi connectivity index (χ3n) is 3.23. The average Bonchev–Trinajstić information content (AvgIpc) is 2.56. The second kappa shape index (κ2) is 11.7. The minimum atomic E-state index is -0.490. The van der Waals surface area contributed by atoms with Gasteiger partial charge in [0.25, 0.3) is 10.9 Å². The maximum atomic E-state index is 11.5. The molecule has 0 saturated heterocycles. The number of anilines is 2. The van der Waals surface area contributed by atoms with Crippen molar-refractivity contribution in [1.29, 1.82) is 0 Å². The van der Waals surface area contributed by atoms with Crippen LogP contribution in [0.2, 0.25) is 0 Å². The van der Waals surface area contributed by atoms with Crippen LogP contribution in [0.3, 0.4) is 0 Å². The van der Waals surface area contributed by atoms with Gasteiger partial charge < -0.3 is 24.8 Å². The summed E-state index contributed by atoms with van der Waals surface area (Å²) in [6.07, 6.45) is 0.426. The lowest BCUT2D eigenvalue weighted by Gasteiger charge is -2.16. The van der Waals surface area contributed by atoms with Gasteiger partial charge in [-0.2, -0.15) is 0 Å². The molecule has 1 aromatic rings. The van der Waals surface area contributed by atoms with Crippen molar-refractivity contribution >= 4 is 17.2 Å². The second-order valence-corrected chi connectivity index (χ2v) is 5.92. The normalized spacial score (nSPS) is 11.2. The van der Waals surface area contributed by atoms with E-state index in [4.69, 9.17) is 14.2 Å². The highest BCUT2D eigenvalue weighted by atomic mass is 16.5. The predicted octanol–water partition coefficient (Wildman–Crippen LogP) is 0.544. The summed E-state index contributed by atoms with van der Waals surface area (Å²) in [5.41, 5.74) is -0.276. The Balaban J connectivity index is 1.99. The number of hydrogen-bond acceptors (Lipinski definition) is 8. The number of carbonyl (C=O) groups is 1. The highest BCUT2D eigenvalue weighted by Gasteiger charge is 2.20. The van der Waals surface area contributed by atoms with Gasteiger partial charge in [0, 0.05) is 19.0 Å². The smallest absolute Gasteiger partial charge is 0.253 e. The number of rotatable bonds is 15. The monoisotopic (exact) mass is 356 g/mol. The fourth-order valence-electron chi connectivity index (χ4n) is 1.99. The van der Waals surface area contributed by atoms with Gasteiger partial charge in [0.2, 0.25) is 0 Å². The van der Waals surface area contributed by atoms with E-state index >= 15 is 0 Å². The molecule has 0 bridgehead atoms. The summed E-state index contributed by atoms with van der Waals surface area (Å²) in [4.78, 5) is 33.7. The Hall–Kier alpha value is -1.77. The maximum Gasteiger partial charge on any atom is 0.253 e. The number of ketones is 1. The van der Waals surface area contributed by atoms with Crippen LogP contribution in [0.25, 0.3) is 0 Å². The molecule has 0 spiro atoms. The van der Waals surface area contributed by atoms with Gasteiger partial charge in [-0.3, -0.25) is 14.4 Å². The van der Waals surface area contributed by atoms with E-state index in [1.807, 2.05) is 13.8 Å². The van der Waals surface area contributed by atoms with Crippen LogP contribution in [0, 0.1) is 0 Å². The summed E-state index contributed by atoms with van der Waals surface area (Å²) in [6, 6.07) is 0.0867. The fraction of sp³-hybridized carbons (Fsp3) is 0.706. The molecule has 0 saturated carbocycles. The number of carbonyl (C=O) groups excluding carboxylic acids is 1. The molecule has 0 radical (unpaired) electrons. The second-order valence-electron chi connectivity index (χ2n) is 5.92. The van der Waals surface area contributed by atoms with Gasteiger partial charge in [-0.05, 0) is 20.8 Å². The first-order chi connectivity index (χ1) is 11.9. The Morgan fingerprint density at radius 3 is 1.96 bits per heavy atom. The zero-order chi connectivity index (χ0) is 18.7. The summed E-state index contributed by atoms with van der Waals surface area (Å²) >= 11 is 0. The van der Waals surface area contributed by atoms with Crippen molar-refractivity contribution in [3.63, 3.8) is 0 Å². The molecule has 0 amide bonds. The zero-order valence-corrected chi connectivity index (χ0v) is 15.2. The third kappa shape index (κ3) is 8.24. The van der Waals surface area contributed by atoms with Crippen LogP contribution in [0.15, 0.2) is 9.59 Å². The quantitative estimate of drug-likeness (QED) is 0.347. The summed E-state index contributed by atoms with van der Waals surface area (Å²) in [6.45, 7) is 8.36. The molecule has 8 heteroatoms. The summed E-state index contributed by atoms with van der Waals surface area (Å²) < 4.78 is 15.9. The van der Waals surface area contributed by atoms with E-state index in [2.05, 4.69) is 10.6 Å². The van der Waals surface area contributed by atoms with Gasteiger partial charge in [-0.15, -0.1) is 0 Å². The number of Topliss-reactive ketones (excluding diaryl/α,β-unsaturated/α-hetero) is 1. The van der Waals surface area contributed by atoms with Gasteiger partial charge in [0.05, 0.1) is 39.6 Å². The lowest BCUT2D eigenvalue weighted by atomic mass is 10.1. The van der Waals surface area contributed by atoms with E-state index in [-0.39, 0.29) is 11.8 Å². The van der Waals surface area contributed by atoms with Crippen molar-refractivity contribution in [2.45, 2.75) is 33.2 Å². The molecule has 0 heterocycles. The first-order valence-electron chi connectivity index (χ1n) is 8.49. The molecule has 142 valence electrons. The van der Waals surface area contributed by atoms with Gasteiger partial charge in [-0.1, -0.05) is 0 Å². The predicted molar refractivity (Wildman–Crippen MR) is 96.4 cm³/mol. The van der Waals surface area contributed by atoms with Crippen molar-refractivity contribution in [2.75, 3.05) is 56.8 Å². The molecule has 0 aromatic heterocycles. The van der Waals surface area contributed by atoms with Crippen LogP contribution in [0.1, 0.15) is 27.2 Å². The van der Waals surface area contributed by atoms with Gasteiger partial charge >= 0.3 is 0 Å². The Labute approximate surface area is 147 Å². The molecule has 25 heavy (non-hydrogen) atoms. The number of nitrogens with one attached hydrogen (secondary N) is 2. The van der Waals surface area contributed by atoms with Crippen molar-refractivity contribution in [2.24, 2.45) is 0 Å². The lowest BCUT2D eigenvalue weighted by molar-refractivity contribution is -0.118. The van der Waals surface area contributed by atoms with Crippen LogP contribution >= 0.6 is 0 Å². The van der Waals surface area contributed by atoms with Crippen LogP contribution < -0.4 is 21.5 Å². The van der Waals surface area contributed by atoms with Crippen LogP contribution in [0.4, 0.5) is 11.4 Å². The van der Waals surface area contributed by atoms with E-state index in [1.54, 1.807) is 0 Å². The van der Waals surface area contributed by atoms with E-state index < -0.39 is 10.9 Å². The molecular weight excluding hydrogens is 328 g/mol. The van der Waals surface area contributed by atoms with E-state index in [1.165, 1.54) is 6.92 Å². The Kier molecular flexibility index (Phi) is 9.98. The van der Waals surface area contributed by atoms with E-state index in [0.717, 1.165) is 0 Å². The first-order valence-corrected chi connectivity index (χ1v) is 8.49. The summed E-state index contributed by atoms with van der Waals surface area (Å²) in [5, 5.41) is 5.88. The van der Waals surface area contributed by atoms with Crippen molar-refractivity contribution in [3.05, 3.63) is 20.4 Å². The molecule has 0 aliphatic heterocycles. The number of ether oxygens (including phenoxy) is 3. The summed E-state index contributed by atoms with van der Waals surface area (Å²) in [7, 11) is 0. The zero-order valence-electron chi connectivity index (χ0n) is 15.2. The number of hydrogen-bond donors (Lipinski definition) is 2. The molecule has 0 unspecified atom stereocenters. The minimum absolute atomic E-state index is 0.0867. The van der Waals surface area contributed by atoms with Crippen molar-refractivity contribution < 1.29 is 19.0 Å². The molecule has 1 aromatic carbocycles. The highest BCUT2D eigenvalue weighted by molar-refractivity contribution is 5.75. The molecular formula is C17H28N2O6. The van der Waals surface area contributed by atoms with Crippen molar-refractivity contribution in [1.82, 2.24) is 0 Å². The topological polar surface area (TPSA) is 103 Å². The molecule has 1 rings (SSSR count). The van der Waals surface area contributed by atoms with Gasteiger partial charge in [0.1, 0.15) is 17.2 Å². The fourth-order valence-corrected chi connectivity index (χ4v) is 1.99. The third-order valence-corrected chi connectivity index (χ3v) is 3.23. The Morgan fingerprint density at radius 1 is 0.880 bits per heavy atom. The Morgan fingerprint density at radius 2 is 1.40 bits per heavy atom. The molecule has 0 aliphatic carbocycles.